The van der Waals surface area contributed by atoms with Crippen LogP contribution in [0.3, 0.4) is 0 Å². The molecule has 210 valence electrons. The van der Waals surface area contributed by atoms with Crippen LogP contribution in [0.15, 0.2) is 174 Å². The summed E-state index contributed by atoms with van der Waals surface area (Å²) in [4.78, 5) is 0. The first-order chi connectivity index (χ1) is 26.5. The average Bonchev–Trinajstić information content (AvgIpc) is 3.60. The van der Waals surface area contributed by atoms with Crippen LogP contribution < -0.4 is 0 Å². The molecule has 8 aromatic carbocycles. The molecule has 0 aliphatic rings. The van der Waals surface area contributed by atoms with Gasteiger partial charge in [-0.3, -0.25) is 0 Å². The lowest BCUT2D eigenvalue weighted by atomic mass is 9.84. The molecule has 0 N–H and O–H groups in total. The van der Waals surface area contributed by atoms with E-state index < -0.39 is 12.1 Å². The molecule has 0 saturated heterocycles. The van der Waals surface area contributed by atoms with Gasteiger partial charge in [0.1, 0.15) is 11.2 Å². The van der Waals surface area contributed by atoms with Gasteiger partial charge in [0, 0.05) is 16.3 Å². The highest BCUT2D eigenvalue weighted by Crippen LogP contribution is 2.48. The molecule has 0 unspecified atom stereocenters. The first-order valence-corrected chi connectivity index (χ1v) is 14.6. The van der Waals surface area contributed by atoms with E-state index in [4.69, 9.17) is 12.6 Å². The van der Waals surface area contributed by atoms with Crippen molar-refractivity contribution < 1.29 is 18.1 Å². The molecule has 1 aromatic heterocycles. The number of furan rings is 1. The zero-order valence-corrected chi connectivity index (χ0v) is 23.8. The predicted octanol–water partition coefficient (Wildman–Crippen LogP) is 12.6. The molecule has 9 aromatic rings. The molecule has 0 radical (unpaired) electrons. The molecule has 0 spiro atoms. The Balaban J connectivity index is 1.49. The van der Waals surface area contributed by atoms with Crippen LogP contribution in [0, 0.1) is 0 Å². The molecule has 1 heteroatoms. The molecule has 0 saturated carbocycles. The summed E-state index contributed by atoms with van der Waals surface area (Å²) in [6.07, 6.45) is 0. The van der Waals surface area contributed by atoms with E-state index in [1.807, 2.05) is 60.7 Å². The van der Waals surface area contributed by atoms with Gasteiger partial charge in [0.25, 0.3) is 0 Å². The van der Waals surface area contributed by atoms with Crippen LogP contribution in [0.4, 0.5) is 0 Å². The van der Waals surface area contributed by atoms with Crippen LogP contribution in [0.5, 0.6) is 0 Å². The van der Waals surface area contributed by atoms with Crippen LogP contribution in [0.1, 0.15) is 13.7 Å². The highest BCUT2D eigenvalue weighted by molar-refractivity contribution is 6.26. The zero-order valence-electron chi connectivity index (χ0n) is 33.8. The molecule has 1 heterocycles. The van der Waals surface area contributed by atoms with Crippen LogP contribution >= 0.6 is 0 Å². The summed E-state index contributed by atoms with van der Waals surface area (Å²) in [7, 11) is 0. The van der Waals surface area contributed by atoms with Crippen molar-refractivity contribution in [1.29, 1.82) is 0 Å². The summed E-state index contributed by atoms with van der Waals surface area (Å²) in [5, 5.41) is 2.67. The average molecular weight is 583 g/mol. The second-order valence-corrected chi connectivity index (χ2v) is 10.8. The van der Waals surface area contributed by atoms with E-state index in [9.17, 15) is 5.48 Å². The minimum Gasteiger partial charge on any atom is -0.455 e. The highest BCUT2D eigenvalue weighted by atomic mass is 16.3. The Bertz CT molecular complexity index is 3000. The minimum atomic E-state index is -0.463. The van der Waals surface area contributed by atoms with Gasteiger partial charge in [-0.1, -0.05) is 158 Å². The van der Waals surface area contributed by atoms with Gasteiger partial charge in [-0.05, 0) is 72.6 Å². The first kappa shape index (κ1) is 17.4. The van der Waals surface area contributed by atoms with Crippen molar-refractivity contribution in [3.8, 4) is 44.5 Å². The van der Waals surface area contributed by atoms with Gasteiger partial charge < -0.3 is 4.42 Å². The second-order valence-electron chi connectivity index (χ2n) is 10.8. The molecule has 1 nitrogen and oxygen atoms in total. The van der Waals surface area contributed by atoms with Gasteiger partial charge in [-0.25, -0.2) is 0 Å². The Morgan fingerprint density at radius 3 is 1.53 bits per heavy atom. The van der Waals surface area contributed by atoms with Crippen LogP contribution in [0.25, 0.3) is 88.0 Å². The normalized spacial score (nSPS) is 14.7. The smallest absolute Gasteiger partial charge is 0.143 e. The van der Waals surface area contributed by atoms with Crippen LogP contribution in [-0.2, 0) is 0 Å². The molecule has 0 fully saturated rings. The SMILES string of the molecule is [2H]c1c([2H])c(-c2c3ccccc3c(-c3c([2H])c([2H])c(-c4ccccc4)c4oc5c([2H])c([2H])c([2H])c([2H])c5c34)c3ccccc23)c([2H])c([2H])c1-c1ccccc1. The molecule has 0 atom stereocenters. The quantitative estimate of drug-likeness (QED) is 0.188. The van der Waals surface area contributed by atoms with Gasteiger partial charge >= 0.3 is 0 Å². The van der Waals surface area contributed by atoms with E-state index in [0.29, 0.717) is 43.8 Å². The first-order valence-electron chi connectivity index (χ1n) is 19.6. The fraction of sp³-hybridized carbons (Fsp3) is 0. The van der Waals surface area contributed by atoms with Crippen molar-refractivity contribution in [3.63, 3.8) is 0 Å². The summed E-state index contributed by atoms with van der Waals surface area (Å²) < 4.78 is 97.3. The van der Waals surface area contributed by atoms with E-state index in [-0.39, 0.29) is 92.5 Å². The van der Waals surface area contributed by atoms with E-state index in [0.717, 1.165) is 0 Å². The van der Waals surface area contributed by atoms with Gasteiger partial charge in [-0.2, -0.15) is 0 Å². The summed E-state index contributed by atoms with van der Waals surface area (Å²) >= 11 is 0. The Kier molecular flexibility index (Phi) is 4.01. The molecule has 9 rings (SSSR count). The summed E-state index contributed by atoms with van der Waals surface area (Å²) in [5.74, 6) is 0. The Labute approximate surface area is 275 Å². The van der Waals surface area contributed by atoms with Crippen LogP contribution in [-0.4, -0.2) is 0 Å². The molecule has 45 heavy (non-hydrogen) atoms. The topological polar surface area (TPSA) is 13.1 Å². The number of para-hydroxylation sites is 1. The maximum atomic E-state index is 9.71. The zero-order chi connectivity index (χ0) is 38.4. The van der Waals surface area contributed by atoms with Gasteiger partial charge in [0.15, 0.2) is 0 Å². The highest BCUT2D eigenvalue weighted by Gasteiger charge is 2.22. The minimum absolute atomic E-state index is 0.0863. The third-order valence-electron chi connectivity index (χ3n) is 8.31. The van der Waals surface area contributed by atoms with Gasteiger partial charge in [0.05, 0.1) is 13.7 Å². The number of hydrogen-bond donors (Lipinski definition) is 0. The van der Waals surface area contributed by atoms with Crippen LogP contribution in [0.2, 0.25) is 0 Å². The lowest BCUT2D eigenvalue weighted by Gasteiger charge is -2.19. The number of benzene rings is 8. The standard InChI is InChI=1S/C44H28O/c1-3-13-29(14-4-1)30-23-25-32(26-24-30)41-34-17-7-9-19-36(34)42(37-20-10-8-18-35(37)41)39-28-27-33(31-15-5-2-6-16-31)44-43(39)38-21-11-12-22-40(38)45-44/h1-28H/i11D,12D,21D,22D,23D,24D,25D,26D,27D,28D. The van der Waals surface area contributed by atoms with Crippen molar-refractivity contribution in [1.82, 2.24) is 0 Å². The lowest BCUT2D eigenvalue weighted by Crippen LogP contribution is -1.92. The fourth-order valence-corrected chi connectivity index (χ4v) is 6.33. The maximum absolute atomic E-state index is 9.71. The third-order valence-corrected chi connectivity index (χ3v) is 8.31. The van der Waals surface area contributed by atoms with E-state index in [1.54, 1.807) is 48.5 Å². The molecule has 0 bridgehead atoms. The number of hydrogen-bond acceptors (Lipinski definition) is 1. The van der Waals surface area contributed by atoms with E-state index in [2.05, 4.69) is 0 Å². The summed E-state index contributed by atoms with van der Waals surface area (Å²) in [6, 6.07) is 29.8. The van der Waals surface area contributed by atoms with Gasteiger partial charge in [0.2, 0.25) is 0 Å². The van der Waals surface area contributed by atoms with Crippen molar-refractivity contribution in [3.05, 3.63) is 170 Å². The second kappa shape index (κ2) is 10.4. The van der Waals surface area contributed by atoms with Crippen molar-refractivity contribution >= 4 is 43.5 Å². The van der Waals surface area contributed by atoms with Crippen molar-refractivity contribution in [2.75, 3.05) is 0 Å². The van der Waals surface area contributed by atoms with Crippen molar-refractivity contribution in [2.45, 2.75) is 0 Å². The molecular formula is C44H28O. The molecular weight excluding hydrogens is 544 g/mol. The lowest BCUT2D eigenvalue weighted by molar-refractivity contribution is 0.670. The number of fused-ring (bicyclic) bond motifs is 5. The van der Waals surface area contributed by atoms with E-state index in [1.165, 1.54) is 0 Å². The summed E-state index contributed by atoms with van der Waals surface area (Å²) in [5.41, 5.74) is 3.03. The maximum Gasteiger partial charge on any atom is 0.143 e. The Morgan fingerprint density at radius 2 is 0.889 bits per heavy atom. The number of rotatable bonds is 4. The fourth-order valence-electron chi connectivity index (χ4n) is 6.33. The van der Waals surface area contributed by atoms with Crippen molar-refractivity contribution in [2.24, 2.45) is 0 Å². The summed E-state index contributed by atoms with van der Waals surface area (Å²) in [6.45, 7) is 0. The predicted molar refractivity (Wildman–Crippen MR) is 190 cm³/mol. The third kappa shape index (κ3) is 4.09. The van der Waals surface area contributed by atoms with E-state index >= 15 is 0 Å². The largest absolute Gasteiger partial charge is 0.455 e. The van der Waals surface area contributed by atoms with Gasteiger partial charge in [-0.15, -0.1) is 0 Å². The Hall–Kier alpha value is -5.92. The molecule has 0 aliphatic heterocycles. The molecule has 0 aliphatic carbocycles. The Morgan fingerprint density at radius 1 is 0.378 bits per heavy atom. The molecule has 0 amide bonds. The monoisotopic (exact) mass is 582 g/mol.